The fourth-order valence-corrected chi connectivity index (χ4v) is 1.41. The second-order valence-electron chi connectivity index (χ2n) is 4.57. The Bertz CT molecular complexity index is 633. The van der Waals surface area contributed by atoms with Gasteiger partial charge in [-0.15, -0.1) is 0 Å². The molecule has 0 amide bonds. The van der Waals surface area contributed by atoms with Gasteiger partial charge >= 0.3 is 17.9 Å². The number of ether oxygens (including phenoxy) is 3. The first-order valence-corrected chi connectivity index (χ1v) is 7.53. The lowest BCUT2D eigenvalue weighted by atomic mass is 10.2. The molecule has 1 aromatic carbocycles. The number of hydrogen-bond acceptors (Lipinski definition) is 6. The van der Waals surface area contributed by atoms with E-state index in [9.17, 15) is 14.4 Å². The lowest BCUT2D eigenvalue weighted by Crippen LogP contribution is -2.09. The largest absolute Gasteiger partial charge is 0.490 e. The molecule has 0 heterocycles. The van der Waals surface area contributed by atoms with Crippen molar-refractivity contribution in [3.63, 3.8) is 0 Å². The number of hydrogen-bond donors (Lipinski definition) is 1. The summed E-state index contributed by atoms with van der Waals surface area (Å²) in [6, 6.07) is 9.35. The molecule has 0 spiro atoms. The van der Waals surface area contributed by atoms with E-state index in [-0.39, 0.29) is 18.6 Å². The Balaban J connectivity index is 0.000000488. The summed E-state index contributed by atoms with van der Waals surface area (Å²) in [5.74, 6) is -1.23. The first-order valence-electron chi connectivity index (χ1n) is 7.53. The smallest absolute Gasteiger partial charge is 0.333 e. The van der Waals surface area contributed by atoms with Crippen LogP contribution in [0.5, 0.6) is 5.75 Å². The number of carbonyl (C=O) groups is 3. The third-order valence-electron chi connectivity index (χ3n) is 2.61. The van der Waals surface area contributed by atoms with Crippen molar-refractivity contribution < 1.29 is 33.7 Å². The fourth-order valence-electron chi connectivity index (χ4n) is 1.41. The van der Waals surface area contributed by atoms with Crippen LogP contribution in [0, 0.1) is 0 Å². The number of esters is 2. The van der Waals surface area contributed by atoms with Gasteiger partial charge in [0, 0.05) is 17.7 Å². The van der Waals surface area contributed by atoms with Gasteiger partial charge in [-0.25, -0.2) is 14.4 Å². The molecule has 26 heavy (non-hydrogen) atoms. The molecule has 0 unspecified atom stereocenters. The zero-order chi connectivity index (χ0) is 19.8. The van der Waals surface area contributed by atoms with E-state index in [1.54, 1.807) is 0 Å². The Morgan fingerprint density at radius 3 is 2.35 bits per heavy atom. The summed E-state index contributed by atoms with van der Waals surface area (Å²) in [5, 5.41) is 8.19. The van der Waals surface area contributed by atoms with Crippen LogP contribution in [0.4, 0.5) is 0 Å². The molecular weight excluding hydrogens is 340 g/mol. The average Bonchev–Trinajstić information content (AvgIpc) is 2.65. The molecule has 0 saturated heterocycles. The van der Waals surface area contributed by atoms with E-state index in [1.165, 1.54) is 13.2 Å². The van der Waals surface area contributed by atoms with Crippen molar-refractivity contribution in [2.45, 2.75) is 6.42 Å². The lowest BCUT2D eigenvalue weighted by Gasteiger charge is -2.05. The number of carboxylic acid groups (broad SMARTS) is 1. The van der Waals surface area contributed by atoms with Crippen LogP contribution in [0.3, 0.4) is 0 Å². The van der Waals surface area contributed by atoms with E-state index in [2.05, 4.69) is 17.9 Å². The van der Waals surface area contributed by atoms with Gasteiger partial charge in [0.15, 0.2) is 0 Å². The SMILES string of the molecule is C=C(CC=CC(=O)O)C(=O)OC.C=CC(=O)OCCOc1ccccc1. The number of methoxy groups -OCH3 is 1. The minimum absolute atomic E-state index is 0.193. The molecule has 7 heteroatoms. The summed E-state index contributed by atoms with van der Waals surface area (Å²) >= 11 is 0. The van der Waals surface area contributed by atoms with Crippen LogP contribution in [0.1, 0.15) is 6.42 Å². The minimum atomic E-state index is -1.05. The Morgan fingerprint density at radius 2 is 1.81 bits per heavy atom. The molecule has 0 aliphatic rings. The molecular formula is C19H22O7. The maximum Gasteiger partial charge on any atom is 0.333 e. The number of para-hydroxylation sites is 1. The highest BCUT2D eigenvalue weighted by Gasteiger charge is 2.03. The maximum absolute atomic E-state index is 10.7. The van der Waals surface area contributed by atoms with Crippen molar-refractivity contribution in [3.05, 3.63) is 67.3 Å². The van der Waals surface area contributed by atoms with E-state index in [0.717, 1.165) is 17.9 Å². The van der Waals surface area contributed by atoms with E-state index < -0.39 is 17.9 Å². The van der Waals surface area contributed by atoms with Crippen LogP contribution in [0.15, 0.2) is 67.3 Å². The summed E-state index contributed by atoms with van der Waals surface area (Å²) in [4.78, 5) is 31.3. The van der Waals surface area contributed by atoms with Crippen molar-refractivity contribution in [3.8, 4) is 5.75 Å². The highest BCUT2D eigenvalue weighted by Crippen LogP contribution is 2.07. The van der Waals surface area contributed by atoms with Gasteiger partial charge in [-0.05, 0) is 18.6 Å². The van der Waals surface area contributed by atoms with Gasteiger partial charge in [-0.1, -0.05) is 37.4 Å². The van der Waals surface area contributed by atoms with Crippen molar-refractivity contribution >= 4 is 17.9 Å². The van der Waals surface area contributed by atoms with Gasteiger partial charge in [-0.3, -0.25) is 0 Å². The van der Waals surface area contributed by atoms with E-state index in [1.807, 2.05) is 30.3 Å². The molecule has 0 bridgehead atoms. The second kappa shape index (κ2) is 14.0. The van der Waals surface area contributed by atoms with Crippen LogP contribution in [-0.2, 0) is 23.9 Å². The van der Waals surface area contributed by atoms with Crippen LogP contribution >= 0.6 is 0 Å². The molecule has 0 fully saturated rings. The van der Waals surface area contributed by atoms with Gasteiger partial charge in [-0.2, -0.15) is 0 Å². The van der Waals surface area contributed by atoms with Crippen molar-refractivity contribution in [1.82, 2.24) is 0 Å². The Kier molecular flexibility index (Phi) is 12.2. The number of benzene rings is 1. The predicted molar refractivity (Wildman–Crippen MR) is 95.6 cm³/mol. The van der Waals surface area contributed by atoms with E-state index in [4.69, 9.17) is 14.6 Å². The van der Waals surface area contributed by atoms with Gasteiger partial charge in [0.05, 0.1) is 7.11 Å². The maximum atomic E-state index is 10.7. The molecule has 0 aliphatic carbocycles. The minimum Gasteiger partial charge on any atom is -0.490 e. The monoisotopic (exact) mass is 362 g/mol. The molecule has 1 rings (SSSR count). The molecule has 0 saturated carbocycles. The van der Waals surface area contributed by atoms with E-state index in [0.29, 0.717) is 6.61 Å². The van der Waals surface area contributed by atoms with Gasteiger partial charge in [0.2, 0.25) is 0 Å². The topological polar surface area (TPSA) is 99.1 Å². The van der Waals surface area contributed by atoms with Crippen molar-refractivity contribution in [2.75, 3.05) is 20.3 Å². The normalized spacial score (nSPS) is 9.42. The molecule has 140 valence electrons. The molecule has 1 aromatic rings. The molecule has 0 radical (unpaired) electrons. The number of carbonyl (C=O) groups excluding carboxylic acids is 2. The number of rotatable bonds is 9. The Hall–Kier alpha value is -3.35. The molecule has 0 atom stereocenters. The van der Waals surface area contributed by atoms with E-state index >= 15 is 0 Å². The zero-order valence-corrected chi connectivity index (χ0v) is 14.6. The molecule has 0 aromatic heterocycles. The van der Waals surface area contributed by atoms with Crippen molar-refractivity contribution in [2.24, 2.45) is 0 Å². The first kappa shape index (κ1) is 22.6. The van der Waals surface area contributed by atoms with Crippen LogP contribution in [0.25, 0.3) is 0 Å². The Morgan fingerprint density at radius 1 is 1.15 bits per heavy atom. The van der Waals surface area contributed by atoms with Crippen LogP contribution in [0.2, 0.25) is 0 Å². The number of aliphatic carboxylic acids is 1. The highest BCUT2D eigenvalue weighted by atomic mass is 16.6. The third-order valence-corrected chi connectivity index (χ3v) is 2.61. The Labute approximate surface area is 152 Å². The summed E-state index contributed by atoms with van der Waals surface area (Å²) in [7, 11) is 1.24. The van der Waals surface area contributed by atoms with Gasteiger partial charge in [0.1, 0.15) is 19.0 Å². The van der Waals surface area contributed by atoms with Crippen molar-refractivity contribution in [1.29, 1.82) is 0 Å². The quantitative estimate of drug-likeness (QED) is 0.409. The number of allylic oxidation sites excluding steroid dienone is 1. The van der Waals surface area contributed by atoms with Crippen LogP contribution < -0.4 is 4.74 Å². The summed E-state index contributed by atoms with van der Waals surface area (Å²) in [6.45, 7) is 7.27. The number of carboxylic acids is 1. The highest BCUT2D eigenvalue weighted by molar-refractivity contribution is 5.88. The first-order chi connectivity index (χ1) is 12.4. The fraction of sp³-hybridized carbons (Fsp3) is 0.211. The summed E-state index contributed by atoms with van der Waals surface area (Å²) < 4.78 is 14.4. The molecule has 1 N–H and O–H groups in total. The second-order valence-corrected chi connectivity index (χ2v) is 4.57. The molecule has 0 aliphatic heterocycles. The van der Waals surface area contributed by atoms with Gasteiger partial charge < -0.3 is 19.3 Å². The summed E-state index contributed by atoms with van der Waals surface area (Å²) in [6.07, 6.45) is 3.61. The standard InChI is InChI=1S/C11H12O3.C8H10O4/c1-2-11(12)14-9-8-13-10-6-4-3-5-7-10;1-6(8(11)12-2)4-3-5-7(9)10/h2-7H,1,8-9H2;3,5H,1,4H2,2H3,(H,9,10). The predicted octanol–water partition coefficient (Wildman–Crippen LogP) is 2.54. The van der Waals surface area contributed by atoms with Crippen LogP contribution in [-0.4, -0.2) is 43.3 Å². The van der Waals surface area contributed by atoms with Gasteiger partial charge in [0.25, 0.3) is 0 Å². The zero-order valence-electron chi connectivity index (χ0n) is 14.6. The average molecular weight is 362 g/mol. The summed E-state index contributed by atoms with van der Waals surface area (Å²) in [5.41, 5.74) is 0.231. The molecule has 7 nitrogen and oxygen atoms in total. The third kappa shape index (κ3) is 12.1. The lowest BCUT2D eigenvalue weighted by molar-refractivity contribution is -0.138.